The van der Waals surface area contributed by atoms with E-state index in [1.54, 1.807) is 0 Å². The van der Waals surface area contributed by atoms with Crippen molar-refractivity contribution in [1.82, 2.24) is 0 Å². The fourth-order valence-corrected chi connectivity index (χ4v) is 9.78. The lowest BCUT2D eigenvalue weighted by Crippen LogP contribution is -2.52. The van der Waals surface area contributed by atoms with E-state index in [1.165, 1.54) is 270 Å². The Hall–Kier alpha value is -0.120. The molecular formula is C57H116O3. The van der Waals surface area contributed by atoms with E-state index < -0.39 is 17.8 Å². The molecule has 3 nitrogen and oxygen atoms in total. The predicted octanol–water partition coefficient (Wildman–Crippen LogP) is 19.4. The van der Waals surface area contributed by atoms with Crippen LogP contribution in [0, 0.1) is 0 Å². The Morgan fingerprint density at radius 2 is 0.383 bits per heavy atom. The van der Waals surface area contributed by atoms with Crippen molar-refractivity contribution in [3.8, 4) is 0 Å². The first-order valence-electron chi connectivity index (χ1n) is 28.6. The van der Waals surface area contributed by atoms with E-state index in [-0.39, 0.29) is 0 Å². The van der Waals surface area contributed by atoms with Crippen molar-refractivity contribution in [2.45, 2.75) is 366 Å². The fourth-order valence-electron chi connectivity index (χ4n) is 9.78. The molecule has 362 valence electrons. The van der Waals surface area contributed by atoms with Crippen LogP contribution >= 0.6 is 0 Å². The largest absolute Gasteiger partial charge is 0.390 e. The zero-order valence-electron chi connectivity index (χ0n) is 42.1. The van der Waals surface area contributed by atoms with Gasteiger partial charge in [0, 0.05) is 0 Å². The van der Waals surface area contributed by atoms with E-state index in [0.717, 1.165) is 38.5 Å². The van der Waals surface area contributed by atoms with Gasteiger partial charge in [0.05, 0.1) is 12.2 Å². The van der Waals surface area contributed by atoms with Crippen LogP contribution in [-0.2, 0) is 0 Å². The van der Waals surface area contributed by atoms with Crippen molar-refractivity contribution < 1.29 is 15.3 Å². The maximum Gasteiger partial charge on any atom is 0.116 e. The molecule has 0 spiro atoms. The van der Waals surface area contributed by atoms with E-state index in [9.17, 15) is 15.3 Å². The van der Waals surface area contributed by atoms with Gasteiger partial charge in [-0.2, -0.15) is 0 Å². The van der Waals surface area contributed by atoms with E-state index >= 15 is 0 Å². The van der Waals surface area contributed by atoms with Gasteiger partial charge >= 0.3 is 0 Å². The Morgan fingerprint density at radius 1 is 0.233 bits per heavy atom. The van der Waals surface area contributed by atoms with Gasteiger partial charge in [-0.3, -0.25) is 0 Å². The lowest BCUT2D eigenvalue weighted by molar-refractivity contribution is -0.156. The van der Waals surface area contributed by atoms with Crippen molar-refractivity contribution >= 4 is 0 Å². The lowest BCUT2D eigenvalue weighted by Gasteiger charge is -2.38. The third kappa shape index (κ3) is 41.9. The van der Waals surface area contributed by atoms with Crippen LogP contribution in [0.4, 0.5) is 0 Å². The molecular weight excluding hydrogens is 733 g/mol. The summed E-state index contributed by atoms with van der Waals surface area (Å²) in [5.74, 6) is 0. The Kier molecular flexibility index (Phi) is 49.8. The van der Waals surface area contributed by atoms with Crippen LogP contribution in [-0.4, -0.2) is 33.1 Å². The van der Waals surface area contributed by atoms with Crippen molar-refractivity contribution in [2.24, 2.45) is 0 Å². The summed E-state index contributed by atoms with van der Waals surface area (Å²) in [5.41, 5.74) is -1.36. The van der Waals surface area contributed by atoms with Gasteiger partial charge in [-0.05, 0) is 19.3 Å². The van der Waals surface area contributed by atoms with E-state index in [4.69, 9.17) is 0 Å². The van der Waals surface area contributed by atoms with Gasteiger partial charge in [0.15, 0.2) is 0 Å². The monoisotopic (exact) mass is 849 g/mol. The Bertz CT molecular complexity index is 770. The first-order valence-corrected chi connectivity index (χ1v) is 28.6. The molecule has 0 aromatic carbocycles. The normalized spacial score (nSPS) is 13.9. The van der Waals surface area contributed by atoms with Crippen molar-refractivity contribution in [3.63, 3.8) is 0 Å². The molecule has 0 bridgehead atoms. The highest BCUT2D eigenvalue weighted by Gasteiger charge is 2.41. The second kappa shape index (κ2) is 49.9. The van der Waals surface area contributed by atoms with Crippen LogP contribution in [0.15, 0.2) is 0 Å². The molecule has 0 aromatic rings. The third-order valence-electron chi connectivity index (χ3n) is 14.2. The summed E-state index contributed by atoms with van der Waals surface area (Å²) in [5, 5.41) is 34.7. The van der Waals surface area contributed by atoms with Crippen LogP contribution in [0.25, 0.3) is 0 Å². The molecule has 0 aliphatic rings. The standard InChI is InChI=1S/C57H116O3/c1-4-7-10-13-16-19-22-25-28-30-32-35-38-41-44-47-50-53-56(59)57(60,54-51-48-45-42-39-36-33-27-24-21-18-15-12-9-6-3)55(58)52-49-46-43-40-37-34-31-29-26-23-20-17-14-11-8-5-2/h55-56,58-60H,4-54H2,1-3H3. The molecule has 60 heavy (non-hydrogen) atoms. The molecule has 0 saturated carbocycles. The first kappa shape index (κ1) is 59.9. The predicted molar refractivity (Wildman–Crippen MR) is 269 cm³/mol. The Morgan fingerprint density at radius 3 is 0.567 bits per heavy atom. The number of aliphatic hydroxyl groups is 3. The highest BCUT2D eigenvalue weighted by molar-refractivity contribution is 4.93. The van der Waals surface area contributed by atoms with Crippen molar-refractivity contribution in [3.05, 3.63) is 0 Å². The van der Waals surface area contributed by atoms with Crippen molar-refractivity contribution in [2.75, 3.05) is 0 Å². The highest BCUT2D eigenvalue weighted by Crippen LogP contribution is 2.30. The van der Waals surface area contributed by atoms with Crippen molar-refractivity contribution in [1.29, 1.82) is 0 Å². The molecule has 3 atom stereocenters. The van der Waals surface area contributed by atoms with Crippen LogP contribution in [0.3, 0.4) is 0 Å². The summed E-state index contributed by atoms with van der Waals surface area (Å²) in [6, 6.07) is 0. The zero-order chi connectivity index (χ0) is 43.7. The van der Waals surface area contributed by atoms with Gasteiger partial charge in [-0.1, -0.05) is 329 Å². The van der Waals surface area contributed by atoms with E-state index in [1.807, 2.05) is 0 Å². The smallest absolute Gasteiger partial charge is 0.116 e. The maximum absolute atomic E-state index is 11.9. The van der Waals surface area contributed by atoms with E-state index in [0.29, 0.717) is 19.3 Å². The summed E-state index contributed by atoms with van der Waals surface area (Å²) in [6.07, 6.45) is 64.2. The molecule has 0 aliphatic carbocycles. The van der Waals surface area contributed by atoms with Gasteiger partial charge < -0.3 is 15.3 Å². The molecule has 3 heteroatoms. The number of hydrogen-bond donors (Lipinski definition) is 3. The van der Waals surface area contributed by atoms with Crippen LogP contribution in [0.2, 0.25) is 0 Å². The molecule has 0 aromatic heterocycles. The minimum Gasteiger partial charge on any atom is -0.390 e. The first-order chi connectivity index (χ1) is 29.5. The zero-order valence-corrected chi connectivity index (χ0v) is 42.1. The number of unbranched alkanes of at least 4 members (excludes halogenated alkanes) is 45. The third-order valence-corrected chi connectivity index (χ3v) is 14.2. The molecule has 0 aliphatic heterocycles. The second-order valence-electron chi connectivity index (χ2n) is 20.3. The summed E-state index contributed by atoms with van der Waals surface area (Å²) in [6.45, 7) is 6.88. The molecule has 0 fully saturated rings. The topological polar surface area (TPSA) is 60.7 Å². The Balaban J connectivity index is 4.32. The average molecular weight is 850 g/mol. The minimum absolute atomic E-state index is 0.533. The maximum atomic E-state index is 11.9. The van der Waals surface area contributed by atoms with Gasteiger partial charge in [0.25, 0.3) is 0 Å². The fraction of sp³-hybridized carbons (Fsp3) is 1.00. The number of rotatable bonds is 53. The molecule has 0 amide bonds. The summed E-state index contributed by atoms with van der Waals surface area (Å²) in [7, 11) is 0. The highest BCUT2D eigenvalue weighted by atomic mass is 16.4. The number of aliphatic hydroxyl groups excluding tert-OH is 2. The Labute approximate surface area is 380 Å². The summed E-state index contributed by atoms with van der Waals surface area (Å²) >= 11 is 0. The van der Waals surface area contributed by atoms with Crippen LogP contribution in [0.1, 0.15) is 348 Å². The molecule has 3 N–H and O–H groups in total. The molecule has 0 saturated heterocycles. The minimum atomic E-state index is -1.36. The number of hydrogen-bond acceptors (Lipinski definition) is 3. The van der Waals surface area contributed by atoms with Gasteiger partial charge in [0.1, 0.15) is 5.60 Å². The van der Waals surface area contributed by atoms with Crippen LogP contribution < -0.4 is 0 Å². The quantitative estimate of drug-likeness (QED) is 0.0534. The SMILES string of the molecule is CCCCCCCCCCCCCCCCCCCC(O)C(O)(CCCCCCCCCCCCCCCCC)C(O)CCCCCCCCCCCCCCCCCC. The molecule has 0 rings (SSSR count). The molecule has 0 heterocycles. The lowest BCUT2D eigenvalue weighted by atomic mass is 9.80. The van der Waals surface area contributed by atoms with Gasteiger partial charge in [-0.25, -0.2) is 0 Å². The summed E-state index contributed by atoms with van der Waals surface area (Å²) < 4.78 is 0. The van der Waals surface area contributed by atoms with Gasteiger partial charge in [-0.15, -0.1) is 0 Å². The van der Waals surface area contributed by atoms with E-state index in [2.05, 4.69) is 20.8 Å². The summed E-state index contributed by atoms with van der Waals surface area (Å²) in [4.78, 5) is 0. The molecule has 0 radical (unpaired) electrons. The van der Waals surface area contributed by atoms with Crippen LogP contribution in [0.5, 0.6) is 0 Å². The average Bonchev–Trinajstić information content (AvgIpc) is 3.25. The second-order valence-corrected chi connectivity index (χ2v) is 20.3. The molecule has 3 unspecified atom stereocenters. The van der Waals surface area contributed by atoms with Gasteiger partial charge in [0.2, 0.25) is 0 Å².